The lowest BCUT2D eigenvalue weighted by Gasteiger charge is -2.13. The number of sulfone groups is 1. The van der Waals surface area contributed by atoms with Crippen molar-refractivity contribution in [3.63, 3.8) is 0 Å². The number of nitrogens with one attached hydrogen (secondary N) is 1. The molecular weight excluding hydrogens is 306 g/mol. The minimum atomic E-state index is -2.88. The first-order valence-corrected chi connectivity index (χ1v) is 9.91. The zero-order valence-corrected chi connectivity index (χ0v) is 13.5. The van der Waals surface area contributed by atoms with Crippen molar-refractivity contribution in [2.45, 2.75) is 38.6 Å². The van der Waals surface area contributed by atoms with Crippen molar-refractivity contribution >= 4 is 37.2 Å². The maximum Gasteiger partial charge on any atom is 0.152 e. The summed E-state index contributed by atoms with van der Waals surface area (Å²) in [5.74, 6) is 2.06. The van der Waals surface area contributed by atoms with Crippen molar-refractivity contribution in [2.24, 2.45) is 0 Å². The number of rotatable bonds is 2. The first-order valence-electron chi connectivity index (χ1n) is 7.28. The molecular formula is C14H17N3O2S2. The molecule has 4 rings (SSSR count). The number of hydrogen-bond acceptors (Lipinski definition) is 6. The molecule has 1 aliphatic heterocycles. The van der Waals surface area contributed by atoms with Crippen LogP contribution in [0.2, 0.25) is 0 Å². The maximum absolute atomic E-state index is 11.6. The van der Waals surface area contributed by atoms with Crippen molar-refractivity contribution in [1.82, 2.24) is 9.97 Å². The largest absolute Gasteiger partial charge is 0.366 e. The van der Waals surface area contributed by atoms with Crippen LogP contribution in [0, 0.1) is 6.92 Å². The molecule has 7 heteroatoms. The van der Waals surface area contributed by atoms with Gasteiger partial charge in [0.2, 0.25) is 0 Å². The van der Waals surface area contributed by atoms with Crippen LogP contribution >= 0.6 is 11.3 Å². The predicted molar refractivity (Wildman–Crippen MR) is 84.9 cm³/mol. The van der Waals surface area contributed by atoms with Gasteiger partial charge in [-0.2, -0.15) is 0 Å². The second-order valence-corrected chi connectivity index (χ2v) is 9.21. The molecule has 0 unspecified atom stereocenters. The number of hydrogen-bond donors (Lipinski definition) is 1. The average molecular weight is 323 g/mol. The Morgan fingerprint density at radius 3 is 2.90 bits per heavy atom. The highest BCUT2D eigenvalue weighted by Crippen LogP contribution is 2.39. The minimum absolute atomic E-state index is 0.0237. The standard InChI is InChI=1S/C14H17N3O2S2/c1-8-15-13(17-9-5-6-21(18,19)7-9)12-10-3-2-4-11(10)20-14(12)16-8/h9H,2-7H2,1H3,(H,15,16,17)/t9-/m0/s1. The number of thiophene rings is 1. The van der Waals surface area contributed by atoms with Crippen LogP contribution in [0.15, 0.2) is 0 Å². The number of aromatic nitrogens is 2. The molecule has 1 fully saturated rings. The quantitative estimate of drug-likeness (QED) is 0.916. The summed E-state index contributed by atoms with van der Waals surface area (Å²) in [7, 11) is -2.88. The van der Waals surface area contributed by atoms with E-state index in [4.69, 9.17) is 0 Å². The van der Waals surface area contributed by atoms with E-state index in [1.807, 2.05) is 6.92 Å². The molecule has 1 atom stereocenters. The van der Waals surface area contributed by atoms with Gasteiger partial charge < -0.3 is 5.32 Å². The van der Waals surface area contributed by atoms with Gasteiger partial charge in [0.15, 0.2) is 9.84 Å². The molecule has 5 nitrogen and oxygen atoms in total. The topological polar surface area (TPSA) is 72.0 Å². The summed E-state index contributed by atoms with van der Waals surface area (Å²) in [6.45, 7) is 1.89. The summed E-state index contributed by atoms with van der Waals surface area (Å²) in [6.07, 6.45) is 4.08. The van der Waals surface area contributed by atoms with Crippen LogP contribution in [0.3, 0.4) is 0 Å². The van der Waals surface area contributed by atoms with Crippen molar-refractivity contribution in [3.8, 4) is 0 Å². The molecule has 0 amide bonds. The van der Waals surface area contributed by atoms with Gasteiger partial charge in [-0.05, 0) is 38.2 Å². The lowest BCUT2D eigenvalue weighted by Crippen LogP contribution is -2.21. The molecule has 0 bridgehead atoms. The highest BCUT2D eigenvalue weighted by atomic mass is 32.2. The van der Waals surface area contributed by atoms with E-state index < -0.39 is 9.84 Å². The van der Waals surface area contributed by atoms with Gasteiger partial charge >= 0.3 is 0 Å². The van der Waals surface area contributed by atoms with E-state index in [0.29, 0.717) is 6.42 Å². The molecule has 0 radical (unpaired) electrons. The minimum Gasteiger partial charge on any atom is -0.366 e. The Bertz CT molecular complexity index is 826. The van der Waals surface area contributed by atoms with Crippen LogP contribution in [0.4, 0.5) is 5.82 Å². The predicted octanol–water partition coefficient (Wildman–Crippen LogP) is 2.09. The average Bonchev–Trinajstić information content (AvgIpc) is 3.02. The summed E-state index contributed by atoms with van der Waals surface area (Å²) < 4.78 is 23.3. The summed E-state index contributed by atoms with van der Waals surface area (Å²) in [5.41, 5.74) is 1.37. The Balaban J connectivity index is 1.77. The Morgan fingerprint density at radius 1 is 1.29 bits per heavy atom. The second kappa shape index (κ2) is 4.64. The van der Waals surface area contributed by atoms with Crippen LogP contribution < -0.4 is 5.32 Å². The van der Waals surface area contributed by atoms with E-state index in [-0.39, 0.29) is 17.5 Å². The van der Waals surface area contributed by atoms with Gasteiger partial charge in [-0.1, -0.05) is 0 Å². The fraction of sp³-hybridized carbons (Fsp3) is 0.571. The number of aryl methyl sites for hydroxylation is 3. The first kappa shape index (κ1) is 13.5. The molecule has 1 aliphatic carbocycles. The number of anilines is 1. The second-order valence-electron chi connectivity index (χ2n) is 5.90. The molecule has 0 spiro atoms. The smallest absolute Gasteiger partial charge is 0.152 e. The van der Waals surface area contributed by atoms with Crippen molar-refractivity contribution in [1.29, 1.82) is 0 Å². The highest BCUT2D eigenvalue weighted by Gasteiger charge is 2.29. The van der Waals surface area contributed by atoms with Crippen molar-refractivity contribution in [2.75, 3.05) is 16.8 Å². The molecule has 0 saturated carbocycles. The van der Waals surface area contributed by atoms with Gasteiger partial charge in [0.1, 0.15) is 16.5 Å². The zero-order valence-electron chi connectivity index (χ0n) is 11.8. The molecule has 1 N–H and O–H groups in total. The SMILES string of the molecule is Cc1nc(N[C@H]2CCS(=O)(=O)C2)c2c3c(sc2n1)CCC3. The lowest BCUT2D eigenvalue weighted by atomic mass is 10.1. The van der Waals surface area contributed by atoms with Crippen molar-refractivity contribution in [3.05, 3.63) is 16.3 Å². The first-order chi connectivity index (χ1) is 10.0. The summed E-state index contributed by atoms with van der Waals surface area (Å²) in [4.78, 5) is 11.6. The van der Waals surface area contributed by atoms with E-state index in [9.17, 15) is 8.42 Å². The number of nitrogens with zero attached hydrogens (tertiary/aromatic N) is 2. The Morgan fingerprint density at radius 2 is 2.14 bits per heavy atom. The third-order valence-corrected chi connectivity index (χ3v) is 7.20. The normalized spacial score (nSPS) is 23.6. The van der Waals surface area contributed by atoms with Crippen LogP contribution in [-0.4, -0.2) is 35.9 Å². The van der Waals surface area contributed by atoms with Crippen LogP contribution in [0.1, 0.15) is 29.1 Å². The third kappa shape index (κ3) is 2.32. The van der Waals surface area contributed by atoms with Gasteiger partial charge in [-0.3, -0.25) is 0 Å². The molecule has 1 saturated heterocycles. The van der Waals surface area contributed by atoms with Gasteiger partial charge in [-0.15, -0.1) is 11.3 Å². The van der Waals surface area contributed by atoms with Crippen molar-refractivity contribution < 1.29 is 8.42 Å². The van der Waals surface area contributed by atoms with E-state index in [2.05, 4.69) is 15.3 Å². The summed E-state index contributed by atoms with van der Waals surface area (Å²) in [6, 6.07) is -0.0237. The van der Waals surface area contributed by atoms with Crippen LogP contribution in [-0.2, 0) is 22.7 Å². The molecule has 21 heavy (non-hydrogen) atoms. The summed E-state index contributed by atoms with van der Waals surface area (Å²) in [5, 5.41) is 4.50. The number of fused-ring (bicyclic) bond motifs is 3. The fourth-order valence-corrected chi connectivity index (χ4v) is 6.29. The molecule has 0 aromatic carbocycles. The Labute approximate surface area is 127 Å². The molecule has 2 aliphatic rings. The molecule has 2 aromatic rings. The Kier molecular flexibility index (Phi) is 2.97. The molecule has 112 valence electrons. The fourth-order valence-electron chi connectivity index (χ4n) is 3.31. The van der Waals surface area contributed by atoms with Gasteiger partial charge in [-0.25, -0.2) is 18.4 Å². The summed E-state index contributed by atoms with van der Waals surface area (Å²) >= 11 is 1.76. The zero-order chi connectivity index (χ0) is 14.6. The van der Waals surface area contributed by atoms with Crippen LogP contribution in [0.5, 0.6) is 0 Å². The van der Waals surface area contributed by atoms with Crippen LogP contribution in [0.25, 0.3) is 10.2 Å². The highest BCUT2D eigenvalue weighted by molar-refractivity contribution is 7.91. The molecule has 2 aromatic heterocycles. The van der Waals surface area contributed by atoms with Gasteiger partial charge in [0.05, 0.1) is 16.9 Å². The van der Waals surface area contributed by atoms with E-state index >= 15 is 0 Å². The van der Waals surface area contributed by atoms with Gasteiger partial charge in [0.25, 0.3) is 0 Å². The monoisotopic (exact) mass is 323 g/mol. The lowest BCUT2D eigenvalue weighted by molar-refractivity contribution is 0.602. The van der Waals surface area contributed by atoms with E-state index in [0.717, 1.165) is 34.7 Å². The Hall–Kier alpha value is -1.21. The maximum atomic E-state index is 11.6. The third-order valence-electron chi connectivity index (χ3n) is 4.25. The van der Waals surface area contributed by atoms with Gasteiger partial charge in [0, 0.05) is 10.9 Å². The van der Waals surface area contributed by atoms with E-state index in [1.54, 1.807) is 11.3 Å². The molecule has 3 heterocycles. The van der Waals surface area contributed by atoms with E-state index in [1.165, 1.54) is 16.9 Å².